The molecule has 3 heteroatoms. The van der Waals surface area contributed by atoms with E-state index in [9.17, 15) is 0 Å². The lowest BCUT2D eigenvalue weighted by atomic mass is 10.1. The van der Waals surface area contributed by atoms with Crippen molar-refractivity contribution in [2.75, 3.05) is 13.6 Å². The molecule has 0 amide bonds. The van der Waals surface area contributed by atoms with Crippen molar-refractivity contribution in [1.82, 2.24) is 4.90 Å². The van der Waals surface area contributed by atoms with Crippen LogP contribution in [0.25, 0.3) is 0 Å². The lowest BCUT2D eigenvalue weighted by molar-refractivity contribution is 0.240. The fourth-order valence-corrected chi connectivity index (χ4v) is 0.736. The summed E-state index contributed by atoms with van der Waals surface area (Å²) in [5.41, 5.74) is 4.93. The van der Waals surface area contributed by atoms with Crippen LogP contribution < -0.4 is 5.73 Å². The summed E-state index contributed by atoms with van der Waals surface area (Å²) in [6, 6.07) is 2.50. The minimum absolute atomic E-state index is 0.436. The molecule has 0 saturated carbocycles. The lowest BCUT2D eigenvalue weighted by Gasteiger charge is -2.27. The Morgan fingerprint density at radius 1 is 1.64 bits per heavy atom. The number of nitrogens with zero attached hydrogens (tertiary/aromatic N) is 2. The van der Waals surface area contributed by atoms with Gasteiger partial charge in [-0.05, 0) is 27.8 Å². The molecule has 0 spiro atoms. The molecular formula is C8H17N3. The molecule has 0 aliphatic heterocycles. The van der Waals surface area contributed by atoms with Gasteiger partial charge >= 0.3 is 0 Å². The van der Waals surface area contributed by atoms with Gasteiger partial charge in [0, 0.05) is 12.6 Å². The second-order valence-electron chi connectivity index (χ2n) is 3.54. The predicted octanol–water partition coefficient (Wildman–Crippen LogP) is 0.568. The number of hydrogen-bond acceptors (Lipinski definition) is 3. The fourth-order valence-electron chi connectivity index (χ4n) is 0.736. The number of likely N-dealkylation sites (N-methyl/N-ethyl adjacent to an activating group) is 1. The molecule has 0 heterocycles. The van der Waals surface area contributed by atoms with Gasteiger partial charge in [-0.25, -0.2) is 0 Å². The largest absolute Gasteiger partial charge is 0.313 e. The Labute approximate surface area is 68.8 Å². The molecule has 11 heavy (non-hydrogen) atoms. The molecule has 1 unspecified atom stereocenters. The number of nitriles is 1. The highest BCUT2D eigenvalue weighted by atomic mass is 15.1. The number of hydrogen-bond donors (Lipinski definition) is 1. The maximum Gasteiger partial charge on any atom is 0.114 e. The SMILES string of the molecule is CC(C)N(C)CC(C)(N)C#N. The summed E-state index contributed by atoms with van der Waals surface area (Å²) in [5.74, 6) is 0. The fraction of sp³-hybridized carbons (Fsp3) is 0.875. The van der Waals surface area contributed by atoms with Crippen LogP contribution in [0, 0.1) is 11.3 Å². The third-order valence-electron chi connectivity index (χ3n) is 1.71. The summed E-state index contributed by atoms with van der Waals surface area (Å²) in [6.07, 6.45) is 0. The molecule has 0 radical (unpaired) electrons. The number of rotatable bonds is 3. The van der Waals surface area contributed by atoms with Gasteiger partial charge in [0.05, 0.1) is 6.07 Å². The highest BCUT2D eigenvalue weighted by Gasteiger charge is 2.20. The normalized spacial score (nSPS) is 16.5. The van der Waals surface area contributed by atoms with Gasteiger partial charge in [0.1, 0.15) is 5.54 Å². The molecule has 0 rings (SSSR count). The summed E-state index contributed by atoms with van der Waals surface area (Å²) in [6.45, 7) is 6.51. The van der Waals surface area contributed by atoms with E-state index >= 15 is 0 Å². The van der Waals surface area contributed by atoms with Crippen LogP contribution in [0.1, 0.15) is 20.8 Å². The van der Waals surface area contributed by atoms with Crippen LogP contribution in [0.15, 0.2) is 0 Å². The maximum absolute atomic E-state index is 8.62. The van der Waals surface area contributed by atoms with Crippen molar-refractivity contribution in [3.63, 3.8) is 0 Å². The zero-order valence-corrected chi connectivity index (χ0v) is 7.76. The molecule has 0 aromatic heterocycles. The van der Waals surface area contributed by atoms with Crippen molar-refractivity contribution >= 4 is 0 Å². The third kappa shape index (κ3) is 3.97. The van der Waals surface area contributed by atoms with E-state index in [1.165, 1.54) is 0 Å². The molecule has 1 atom stereocenters. The molecular weight excluding hydrogens is 138 g/mol. The van der Waals surface area contributed by atoms with E-state index < -0.39 is 5.54 Å². The van der Waals surface area contributed by atoms with Crippen LogP contribution in [-0.4, -0.2) is 30.1 Å². The van der Waals surface area contributed by atoms with Crippen LogP contribution in [-0.2, 0) is 0 Å². The molecule has 0 aromatic rings. The van der Waals surface area contributed by atoms with E-state index in [0.29, 0.717) is 12.6 Å². The van der Waals surface area contributed by atoms with Crippen LogP contribution in [0.3, 0.4) is 0 Å². The third-order valence-corrected chi connectivity index (χ3v) is 1.71. The number of nitrogens with two attached hydrogens (primary N) is 1. The molecule has 0 fully saturated rings. The summed E-state index contributed by atoms with van der Waals surface area (Å²) < 4.78 is 0. The Hall–Kier alpha value is -0.590. The van der Waals surface area contributed by atoms with Gasteiger partial charge in [0.25, 0.3) is 0 Å². The first-order valence-electron chi connectivity index (χ1n) is 3.79. The molecule has 0 bridgehead atoms. The van der Waals surface area contributed by atoms with Crippen molar-refractivity contribution in [2.45, 2.75) is 32.4 Å². The lowest BCUT2D eigenvalue weighted by Crippen LogP contribution is -2.47. The smallest absolute Gasteiger partial charge is 0.114 e. The summed E-state index contributed by atoms with van der Waals surface area (Å²) in [5, 5.41) is 8.62. The molecule has 0 aliphatic rings. The van der Waals surface area contributed by atoms with Gasteiger partial charge in [-0.15, -0.1) is 0 Å². The standard InChI is InChI=1S/C8H17N3/c1-7(2)11(4)6-8(3,10)5-9/h7H,6,10H2,1-4H3. The summed E-state index contributed by atoms with van der Waals surface area (Å²) in [4.78, 5) is 2.06. The van der Waals surface area contributed by atoms with Crippen LogP contribution in [0.2, 0.25) is 0 Å². The van der Waals surface area contributed by atoms with Gasteiger partial charge < -0.3 is 10.6 Å². The molecule has 64 valence electrons. The minimum Gasteiger partial charge on any atom is -0.313 e. The van der Waals surface area contributed by atoms with E-state index in [0.717, 1.165) is 0 Å². The van der Waals surface area contributed by atoms with Gasteiger partial charge in [-0.1, -0.05) is 0 Å². The van der Waals surface area contributed by atoms with Gasteiger partial charge in [-0.2, -0.15) is 5.26 Å². The van der Waals surface area contributed by atoms with E-state index in [1.54, 1.807) is 6.92 Å². The van der Waals surface area contributed by atoms with Crippen molar-refractivity contribution in [3.05, 3.63) is 0 Å². The van der Waals surface area contributed by atoms with E-state index in [-0.39, 0.29) is 0 Å². The van der Waals surface area contributed by atoms with Crippen LogP contribution >= 0.6 is 0 Å². The predicted molar refractivity (Wildman–Crippen MR) is 46.0 cm³/mol. The summed E-state index contributed by atoms with van der Waals surface area (Å²) >= 11 is 0. The zero-order valence-electron chi connectivity index (χ0n) is 7.76. The zero-order chi connectivity index (χ0) is 9.07. The maximum atomic E-state index is 8.62. The Balaban J connectivity index is 3.96. The Kier molecular flexibility index (Phi) is 3.50. The van der Waals surface area contributed by atoms with Crippen LogP contribution in [0.5, 0.6) is 0 Å². The Morgan fingerprint density at radius 2 is 2.09 bits per heavy atom. The first kappa shape index (κ1) is 10.4. The molecule has 2 N–H and O–H groups in total. The highest BCUT2D eigenvalue weighted by Crippen LogP contribution is 2.02. The Morgan fingerprint density at radius 3 is 2.36 bits per heavy atom. The Bertz CT molecular complexity index is 155. The topological polar surface area (TPSA) is 53.0 Å². The average molecular weight is 155 g/mol. The van der Waals surface area contributed by atoms with E-state index in [1.807, 2.05) is 7.05 Å². The van der Waals surface area contributed by atoms with Crippen molar-refractivity contribution in [1.29, 1.82) is 5.26 Å². The second-order valence-corrected chi connectivity index (χ2v) is 3.54. The van der Waals surface area contributed by atoms with E-state index in [2.05, 4.69) is 24.8 Å². The molecule has 0 aromatic carbocycles. The molecule has 0 saturated heterocycles. The van der Waals surface area contributed by atoms with Crippen molar-refractivity contribution in [2.24, 2.45) is 5.73 Å². The molecule has 0 aliphatic carbocycles. The van der Waals surface area contributed by atoms with E-state index in [4.69, 9.17) is 11.0 Å². The second kappa shape index (κ2) is 3.70. The minimum atomic E-state index is -0.723. The van der Waals surface area contributed by atoms with Crippen LogP contribution in [0.4, 0.5) is 0 Å². The average Bonchev–Trinajstić information content (AvgIpc) is 1.87. The quantitative estimate of drug-likeness (QED) is 0.648. The first-order valence-corrected chi connectivity index (χ1v) is 3.79. The van der Waals surface area contributed by atoms with Gasteiger partial charge in [0.2, 0.25) is 0 Å². The highest BCUT2D eigenvalue weighted by molar-refractivity contribution is 5.02. The van der Waals surface area contributed by atoms with Crippen molar-refractivity contribution in [3.8, 4) is 6.07 Å². The first-order chi connectivity index (χ1) is 4.89. The summed E-state index contributed by atoms with van der Waals surface area (Å²) in [7, 11) is 1.97. The monoisotopic (exact) mass is 155 g/mol. The van der Waals surface area contributed by atoms with Gasteiger partial charge in [-0.3, -0.25) is 0 Å². The molecule has 3 nitrogen and oxygen atoms in total. The van der Waals surface area contributed by atoms with Gasteiger partial charge in [0.15, 0.2) is 0 Å². The van der Waals surface area contributed by atoms with Crippen molar-refractivity contribution < 1.29 is 0 Å².